The third-order valence-corrected chi connectivity index (χ3v) is 3.98. The van der Waals surface area contributed by atoms with E-state index in [0.29, 0.717) is 29.7 Å². The van der Waals surface area contributed by atoms with Gasteiger partial charge in [0.1, 0.15) is 0 Å². The summed E-state index contributed by atoms with van der Waals surface area (Å²) < 4.78 is 0. The summed E-state index contributed by atoms with van der Waals surface area (Å²) in [5.74, 6) is 0.169. The number of hydrogen-bond acceptors (Lipinski definition) is 4. The molecular weight excluding hydrogens is 282 g/mol. The molecule has 0 bridgehead atoms. The van der Waals surface area contributed by atoms with Crippen LogP contribution in [-0.4, -0.2) is 34.4 Å². The van der Waals surface area contributed by atoms with Gasteiger partial charge < -0.3 is 10.2 Å². The SMILES string of the molecule is O=C1CC(Nc2ccc([N+](=O)[O-])cc2Cl)CN1C1CC1. The quantitative estimate of drug-likeness (QED) is 0.684. The first-order chi connectivity index (χ1) is 9.54. The van der Waals surface area contributed by atoms with E-state index in [9.17, 15) is 14.9 Å². The van der Waals surface area contributed by atoms with Crippen molar-refractivity contribution < 1.29 is 9.72 Å². The zero-order valence-corrected chi connectivity index (χ0v) is 11.5. The lowest BCUT2D eigenvalue weighted by atomic mass is 10.2. The molecule has 1 aliphatic carbocycles. The average Bonchev–Trinajstić information content (AvgIpc) is 3.16. The van der Waals surface area contributed by atoms with E-state index in [2.05, 4.69) is 5.32 Å². The standard InChI is InChI=1S/C13H14ClN3O3/c14-11-6-10(17(19)20)3-4-12(11)15-8-5-13(18)16(7-8)9-1-2-9/h3-4,6,8-9,15H,1-2,5,7H2. The molecule has 106 valence electrons. The number of benzene rings is 1. The van der Waals surface area contributed by atoms with Crippen molar-refractivity contribution in [1.29, 1.82) is 0 Å². The van der Waals surface area contributed by atoms with Crippen LogP contribution in [-0.2, 0) is 4.79 Å². The third-order valence-electron chi connectivity index (χ3n) is 3.67. The second-order valence-electron chi connectivity index (χ2n) is 5.24. The highest BCUT2D eigenvalue weighted by molar-refractivity contribution is 6.33. The van der Waals surface area contributed by atoms with Crippen LogP contribution in [0.15, 0.2) is 18.2 Å². The second kappa shape index (κ2) is 4.94. The molecular formula is C13H14ClN3O3. The summed E-state index contributed by atoms with van der Waals surface area (Å²) in [6.07, 6.45) is 2.64. The fourth-order valence-electron chi connectivity index (χ4n) is 2.52. The number of non-ortho nitro benzene ring substituents is 1. The first-order valence-electron chi connectivity index (χ1n) is 6.54. The molecule has 1 unspecified atom stereocenters. The van der Waals surface area contributed by atoms with Crippen LogP contribution in [0, 0.1) is 10.1 Å². The molecule has 20 heavy (non-hydrogen) atoms. The van der Waals surface area contributed by atoms with E-state index in [1.165, 1.54) is 12.1 Å². The van der Waals surface area contributed by atoms with Gasteiger partial charge in [-0.15, -0.1) is 0 Å². The van der Waals surface area contributed by atoms with Crippen molar-refractivity contribution in [3.8, 4) is 0 Å². The van der Waals surface area contributed by atoms with Crippen LogP contribution in [0.5, 0.6) is 0 Å². The van der Waals surface area contributed by atoms with E-state index in [0.717, 1.165) is 12.8 Å². The molecule has 1 aromatic rings. The molecule has 1 amide bonds. The molecule has 1 N–H and O–H groups in total. The number of nitrogens with one attached hydrogen (secondary N) is 1. The fourth-order valence-corrected chi connectivity index (χ4v) is 2.75. The van der Waals surface area contributed by atoms with E-state index >= 15 is 0 Å². The summed E-state index contributed by atoms with van der Waals surface area (Å²) >= 11 is 6.03. The summed E-state index contributed by atoms with van der Waals surface area (Å²) in [6.45, 7) is 0.677. The number of nitrogens with zero attached hydrogens (tertiary/aromatic N) is 2. The molecule has 1 aliphatic heterocycles. The molecule has 2 aliphatic rings. The van der Waals surface area contributed by atoms with Crippen molar-refractivity contribution in [3.63, 3.8) is 0 Å². The van der Waals surface area contributed by atoms with Gasteiger partial charge in [0, 0.05) is 31.1 Å². The zero-order valence-electron chi connectivity index (χ0n) is 10.7. The number of nitro groups is 1. The molecule has 1 saturated carbocycles. The Balaban J connectivity index is 1.69. The Hall–Kier alpha value is -1.82. The number of anilines is 1. The summed E-state index contributed by atoms with van der Waals surface area (Å²) in [7, 11) is 0. The molecule has 1 aromatic carbocycles. The largest absolute Gasteiger partial charge is 0.379 e. The predicted molar refractivity (Wildman–Crippen MR) is 74.9 cm³/mol. The second-order valence-corrected chi connectivity index (χ2v) is 5.65. The van der Waals surface area contributed by atoms with Crippen LogP contribution in [0.2, 0.25) is 5.02 Å². The predicted octanol–water partition coefficient (Wildman–Crippen LogP) is 2.42. The Labute approximate surface area is 120 Å². The molecule has 0 aromatic heterocycles. The van der Waals surface area contributed by atoms with Crippen molar-refractivity contribution in [2.24, 2.45) is 0 Å². The van der Waals surface area contributed by atoms with Crippen LogP contribution in [0.1, 0.15) is 19.3 Å². The average molecular weight is 296 g/mol. The molecule has 2 fully saturated rings. The zero-order chi connectivity index (χ0) is 14.3. The number of rotatable bonds is 4. The van der Waals surface area contributed by atoms with Gasteiger partial charge in [-0.1, -0.05) is 11.6 Å². The van der Waals surface area contributed by atoms with Gasteiger partial charge >= 0.3 is 0 Å². The van der Waals surface area contributed by atoms with Gasteiger partial charge in [0.05, 0.1) is 21.7 Å². The molecule has 7 heteroatoms. The van der Waals surface area contributed by atoms with Crippen LogP contribution in [0.25, 0.3) is 0 Å². The first kappa shape index (κ1) is 13.2. The lowest BCUT2D eigenvalue weighted by Gasteiger charge is -2.17. The number of nitro benzene ring substituents is 1. The van der Waals surface area contributed by atoms with Crippen molar-refractivity contribution in [1.82, 2.24) is 4.90 Å². The summed E-state index contributed by atoms with van der Waals surface area (Å²) in [4.78, 5) is 23.9. The minimum absolute atomic E-state index is 0.0158. The Bertz CT molecular complexity index is 574. The number of likely N-dealkylation sites (tertiary alicyclic amines) is 1. The third kappa shape index (κ3) is 2.56. The van der Waals surface area contributed by atoms with Crippen molar-refractivity contribution >= 4 is 28.9 Å². The van der Waals surface area contributed by atoms with Gasteiger partial charge in [-0.05, 0) is 18.9 Å². The lowest BCUT2D eigenvalue weighted by Crippen LogP contribution is -2.29. The molecule has 0 spiro atoms. The van der Waals surface area contributed by atoms with Crippen LogP contribution >= 0.6 is 11.6 Å². The maximum Gasteiger partial charge on any atom is 0.271 e. The number of carbonyl (C=O) groups is 1. The summed E-state index contributed by atoms with van der Waals surface area (Å²) in [5, 5.41) is 14.2. The number of carbonyl (C=O) groups excluding carboxylic acids is 1. The molecule has 6 nitrogen and oxygen atoms in total. The summed E-state index contributed by atoms with van der Waals surface area (Å²) in [6, 6.07) is 4.75. The molecule has 0 radical (unpaired) electrons. The molecule has 1 saturated heterocycles. The minimum Gasteiger partial charge on any atom is -0.379 e. The van der Waals surface area contributed by atoms with Gasteiger partial charge in [-0.25, -0.2) is 0 Å². The topological polar surface area (TPSA) is 75.5 Å². The smallest absolute Gasteiger partial charge is 0.271 e. The van der Waals surface area contributed by atoms with Crippen LogP contribution in [0.3, 0.4) is 0 Å². The number of amides is 1. The van der Waals surface area contributed by atoms with Gasteiger partial charge in [-0.2, -0.15) is 0 Å². The highest BCUT2D eigenvalue weighted by atomic mass is 35.5. The monoisotopic (exact) mass is 295 g/mol. The highest BCUT2D eigenvalue weighted by Crippen LogP contribution is 2.33. The molecule has 1 heterocycles. The van der Waals surface area contributed by atoms with Gasteiger partial charge in [0.25, 0.3) is 5.69 Å². The minimum atomic E-state index is -0.483. The van der Waals surface area contributed by atoms with Gasteiger partial charge in [0.15, 0.2) is 0 Å². The van der Waals surface area contributed by atoms with E-state index in [4.69, 9.17) is 11.6 Å². The van der Waals surface area contributed by atoms with Gasteiger partial charge in [0.2, 0.25) is 5.91 Å². The number of hydrogen-bond donors (Lipinski definition) is 1. The Morgan fingerprint density at radius 3 is 2.75 bits per heavy atom. The van der Waals surface area contributed by atoms with E-state index in [1.807, 2.05) is 4.90 Å². The van der Waals surface area contributed by atoms with Crippen molar-refractivity contribution in [2.45, 2.75) is 31.3 Å². The maximum absolute atomic E-state index is 11.8. The summed E-state index contributed by atoms with van der Waals surface area (Å²) in [5.41, 5.74) is 0.593. The normalized spacial score (nSPS) is 22.1. The Kier molecular flexibility index (Phi) is 3.25. The Morgan fingerprint density at radius 1 is 1.40 bits per heavy atom. The highest BCUT2D eigenvalue weighted by Gasteiger charge is 2.39. The van der Waals surface area contributed by atoms with Crippen LogP contribution < -0.4 is 5.32 Å². The fraction of sp³-hybridized carbons (Fsp3) is 0.462. The van der Waals surface area contributed by atoms with Crippen molar-refractivity contribution in [2.75, 3.05) is 11.9 Å². The first-order valence-corrected chi connectivity index (χ1v) is 6.92. The molecule has 3 rings (SSSR count). The van der Waals surface area contributed by atoms with E-state index in [1.54, 1.807) is 6.07 Å². The van der Waals surface area contributed by atoms with Crippen molar-refractivity contribution in [3.05, 3.63) is 33.3 Å². The van der Waals surface area contributed by atoms with E-state index < -0.39 is 4.92 Å². The lowest BCUT2D eigenvalue weighted by molar-refractivity contribution is -0.384. The van der Waals surface area contributed by atoms with Crippen LogP contribution in [0.4, 0.5) is 11.4 Å². The van der Waals surface area contributed by atoms with E-state index in [-0.39, 0.29) is 17.6 Å². The molecule has 1 atom stereocenters. The number of halogens is 1. The maximum atomic E-state index is 11.8. The Morgan fingerprint density at radius 2 is 2.15 bits per heavy atom. The van der Waals surface area contributed by atoms with Gasteiger partial charge in [-0.3, -0.25) is 14.9 Å².